The third-order valence-corrected chi connectivity index (χ3v) is 9.77. The number of carboxylic acid groups (broad SMARTS) is 1. The van der Waals surface area contributed by atoms with Gasteiger partial charge in [0.25, 0.3) is 0 Å². The van der Waals surface area contributed by atoms with Crippen molar-refractivity contribution >= 4 is 28.5 Å². The Morgan fingerprint density at radius 3 is 2.51 bits per heavy atom. The van der Waals surface area contributed by atoms with Gasteiger partial charge < -0.3 is 32.6 Å². The van der Waals surface area contributed by atoms with Crippen molar-refractivity contribution in [3.63, 3.8) is 0 Å². The third-order valence-electron chi connectivity index (χ3n) is 9.77. The van der Waals surface area contributed by atoms with Gasteiger partial charge in [0.05, 0.1) is 12.6 Å². The number of hydrogen-bond acceptors (Lipinski definition) is 4. The summed E-state index contributed by atoms with van der Waals surface area (Å²) < 4.78 is 0. The normalized spacial score (nSPS) is 22.9. The predicted octanol–water partition coefficient (Wildman–Crippen LogP) is 6.22. The monoisotopic (exact) mass is 584 g/mol. The number of aromatic nitrogens is 1. The van der Waals surface area contributed by atoms with Crippen LogP contribution in [0, 0.1) is 11.8 Å². The van der Waals surface area contributed by atoms with Gasteiger partial charge in [0, 0.05) is 18.3 Å². The fraction of sp³-hybridized carbons (Fsp3) is 0.486. The Morgan fingerprint density at radius 2 is 1.84 bits per heavy atom. The fourth-order valence-corrected chi connectivity index (χ4v) is 7.79. The summed E-state index contributed by atoms with van der Waals surface area (Å²) in [7, 11) is 0. The summed E-state index contributed by atoms with van der Waals surface area (Å²) in [5, 5.41) is 16.1. The van der Waals surface area contributed by atoms with Crippen molar-refractivity contribution in [1.82, 2.24) is 4.98 Å². The quantitative estimate of drug-likeness (QED) is 0.0751. The van der Waals surface area contributed by atoms with Gasteiger partial charge in [-0.15, -0.1) is 0 Å². The number of nitrogens with zero attached hydrogens (tertiary/aromatic N) is 1. The minimum Gasteiger partial charge on any atom is -0.478 e. The SMILES string of the molecule is CCCCC(N)CCCC1c2cc3ccccc3cc2C2CCC(C(Nc3ccc[nH]3)C(=CC(=O)O)CN=C(N)N)C1C2. The van der Waals surface area contributed by atoms with Crippen LogP contribution in [0.1, 0.15) is 87.7 Å². The van der Waals surface area contributed by atoms with E-state index in [1.54, 1.807) is 0 Å². The maximum atomic E-state index is 12.1. The number of rotatable bonds is 14. The molecular weight excluding hydrogens is 536 g/mol. The Hall–Kier alpha value is -3.78. The molecule has 6 unspecified atom stereocenters. The molecule has 0 aliphatic heterocycles. The number of benzene rings is 2. The summed E-state index contributed by atoms with van der Waals surface area (Å²) in [4.78, 5) is 19.6. The van der Waals surface area contributed by atoms with Crippen LogP contribution in [0.5, 0.6) is 0 Å². The number of H-pyrrole nitrogens is 1. The Morgan fingerprint density at radius 1 is 1.09 bits per heavy atom. The summed E-state index contributed by atoms with van der Waals surface area (Å²) in [6.45, 7) is 2.35. The molecule has 3 aromatic rings. The predicted molar refractivity (Wildman–Crippen MR) is 176 cm³/mol. The molecule has 6 atom stereocenters. The second-order valence-electron chi connectivity index (χ2n) is 12.6. The Bertz CT molecular complexity index is 1430. The number of carbonyl (C=O) groups is 1. The molecule has 8 heteroatoms. The first-order chi connectivity index (χ1) is 20.8. The minimum absolute atomic E-state index is 0.0469. The van der Waals surface area contributed by atoms with Gasteiger partial charge in [-0.05, 0) is 102 Å². The zero-order valence-corrected chi connectivity index (χ0v) is 25.3. The molecule has 1 saturated carbocycles. The number of nitrogens with two attached hydrogens (primary N) is 3. The number of anilines is 1. The van der Waals surface area contributed by atoms with E-state index in [-0.39, 0.29) is 30.5 Å². The second-order valence-corrected chi connectivity index (χ2v) is 12.6. The Balaban J connectivity index is 1.53. The highest BCUT2D eigenvalue weighted by Crippen LogP contribution is 2.56. The van der Waals surface area contributed by atoms with E-state index in [1.807, 2.05) is 18.3 Å². The summed E-state index contributed by atoms with van der Waals surface area (Å²) in [5.41, 5.74) is 21.6. The van der Waals surface area contributed by atoms with Crippen molar-refractivity contribution in [3.8, 4) is 0 Å². The van der Waals surface area contributed by atoms with Crippen LogP contribution in [0.15, 0.2) is 71.4 Å². The second kappa shape index (κ2) is 14.1. The molecule has 2 aliphatic rings. The summed E-state index contributed by atoms with van der Waals surface area (Å²) in [5.74, 6) is 1.26. The number of aromatic amines is 1. The standard InChI is InChI=1S/C35H48N6O2/c1-2-3-10-26(36)11-6-12-27-30-19-24(29-17-22-8-4-5-9-23(22)18-31(27)29)14-15-28(30)34(41-32-13-7-16-39-32)25(20-33(42)43)21-40-35(37)38/h4-5,7-9,13,16-18,20,24,26-28,30,34,39,41H,2-3,6,10-12,14-15,19,21,36H2,1H3,(H,42,43)(H4,37,38,40). The van der Waals surface area contributed by atoms with Gasteiger partial charge in [-0.1, -0.05) is 62.6 Å². The molecule has 43 heavy (non-hydrogen) atoms. The molecule has 2 aliphatic carbocycles. The molecule has 5 rings (SSSR count). The van der Waals surface area contributed by atoms with Crippen LogP contribution in [-0.2, 0) is 4.79 Å². The first-order valence-corrected chi connectivity index (χ1v) is 16.0. The summed E-state index contributed by atoms with van der Waals surface area (Å²) in [6.07, 6.45) is 12.9. The fourth-order valence-electron chi connectivity index (χ4n) is 7.79. The van der Waals surface area contributed by atoms with E-state index < -0.39 is 5.97 Å². The first kappa shape index (κ1) is 30.7. The van der Waals surface area contributed by atoms with E-state index >= 15 is 0 Å². The van der Waals surface area contributed by atoms with Crippen LogP contribution >= 0.6 is 0 Å². The number of unbranched alkanes of at least 4 members (excludes halogenated alkanes) is 1. The average Bonchev–Trinajstić information content (AvgIpc) is 3.51. The number of aliphatic carboxylic acids is 1. The number of fused-ring (bicyclic) bond motifs is 5. The molecule has 9 N–H and O–H groups in total. The van der Waals surface area contributed by atoms with Crippen LogP contribution in [0.2, 0.25) is 0 Å². The summed E-state index contributed by atoms with van der Waals surface area (Å²) in [6, 6.07) is 17.5. The highest BCUT2D eigenvalue weighted by molar-refractivity contribution is 5.85. The van der Waals surface area contributed by atoms with Gasteiger partial charge in [-0.2, -0.15) is 0 Å². The number of aliphatic imine (C=N–C) groups is 1. The maximum absolute atomic E-state index is 12.1. The highest BCUT2D eigenvalue weighted by atomic mass is 16.4. The third kappa shape index (κ3) is 7.42. The smallest absolute Gasteiger partial charge is 0.328 e. The van der Waals surface area contributed by atoms with E-state index in [1.165, 1.54) is 40.8 Å². The van der Waals surface area contributed by atoms with Gasteiger partial charge in [0.2, 0.25) is 0 Å². The van der Waals surface area contributed by atoms with Crippen LogP contribution < -0.4 is 22.5 Å². The van der Waals surface area contributed by atoms with E-state index in [4.69, 9.17) is 17.2 Å². The molecule has 230 valence electrons. The number of hydrogen-bond donors (Lipinski definition) is 6. The van der Waals surface area contributed by atoms with Gasteiger partial charge in [0.15, 0.2) is 5.96 Å². The molecule has 0 spiro atoms. The molecule has 1 fully saturated rings. The van der Waals surface area contributed by atoms with Crippen molar-refractivity contribution in [1.29, 1.82) is 0 Å². The largest absolute Gasteiger partial charge is 0.478 e. The number of carboxylic acids is 1. The molecule has 0 amide bonds. The molecular formula is C35H48N6O2. The van der Waals surface area contributed by atoms with Crippen molar-refractivity contribution in [2.24, 2.45) is 34.0 Å². The number of guanidine groups is 1. The zero-order valence-electron chi connectivity index (χ0n) is 25.3. The lowest BCUT2D eigenvalue weighted by atomic mass is 9.57. The highest BCUT2D eigenvalue weighted by Gasteiger charge is 2.45. The molecule has 0 saturated heterocycles. The lowest BCUT2D eigenvalue weighted by molar-refractivity contribution is -0.131. The zero-order chi connectivity index (χ0) is 30.3. The lowest BCUT2D eigenvalue weighted by Gasteiger charge is -2.49. The lowest BCUT2D eigenvalue weighted by Crippen LogP contribution is -2.44. The first-order valence-electron chi connectivity index (χ1n) is 16.0. The Kier molecular flexibility index (Phi) is 10.1. The Labute approximate surface area is 255 Å². The van der Waals surface area contributed by atoms with E-state index in [0.29, 0.717) is 23.3 Å². The maximum Gasteiger partial charge on any atom is 0.328 e. The molecule has 2 bridgehead atoms. The topological polar surface area (TPSA) is 156 Å². The van der Waals surface area contributed by atoms with Crippen molar-refractivity contribution in [2.75, 3.05) is 11.9 Å². The van der Waals surface area contributed by atoms with Crippen LogP contribution in [0.25, 0.3) is 10.8 Å². The van der Waals surface area contributed by atoms with Gasteiger partial charge in [0.1, 0.15) is 5.82 Å². The van der Waals surface area contributed by atoms with Crippen molar-refractivity contribution in [3.05, 3.63) is 77.5 Å². The van der Waals surface area contributed by atoms with Gasteiger partial charge in [-0.25, -0.2) is 9.79 Å². The summed E-state index contributed by atoms with van der Waals surface area (Å²) >= 11 is 0. The van der Waals surface area contributed by atoms with Crippen LogP contribution in [0.3, 0.4) is 0 Å². The van der Waals surface area contributed by atoms with Crippen LogP contribution in [-0.4, -0.2) is 40.6 Å². The molecule has 2 aromatic carbocycles. The van der Waals surface area contributed by atoms with Gasteiger partial charge >= 0.3 is 5.97 Å². The average molecular weight is 585 g/mol. The van der Waals surface area contributed by atoms with E-state index in [2.05, 4.69) is 58.6 Å². The van der Waals surface area contributed by atoms with Gasteiger partial charge in [-0.3, -0.25) is 0 Å². The molecule has 1 aromatic heterocycles. The van der Waals surface area contributed by atoms with E-state index in [9.17, 15) is 9.90 Å². The van der Waals surface area contributed by atoms with Crippen LogP contribution in [0.4, 0.5) is 5.82 Å². The number of nitrogens with one attached hydrogen (secondary N) is 2. The molecule has 0 radical (unpaired) electrons. The minimum atomic E-state index is -0.995. The van der Waals surface area contributed by atoms with E-state index in [0.717, 1.165) is 50.8 Å². The molecule has 8 nitrogen and oxygen atoms in total. The van der Waals surface area contributed by atoms with Crippen molar-refractivity contribution < 1.29 is 9.90 Å². The molecule has 1 heterocycles. The van der Waals surface area contributed by atoms with Crippen molar-refractivity contribution in [2.45, 2.75) is 88.6 Å².